The summed E-state index contributed by atoms with van der Waals surface area (Å²) in [5.41, 5.74) is 0.116. The van der Waals surface area contributed by atoms with Gasteiger partial charge >= 0.3 is 5.97 Å². The number of aromatic nitrogens is 1. The molecule has 1 aromatic rings. The van der Waals surface area contributed by atoms with Crippen LogP contribution in [0.15, 0.2) is 12.3 Å². The highest BCUT2D eigenvalue weighted by Gasteiger charge is 2.27. The van der Waals surface area contributed by atoms with Crippen molar-refractivity contribution < 1.29 is 19.4 Å². The molecule has 0 aliphatic rings. The van der Waals surface area contributed by atoms with Crippen LogP contribution in [0.3, 0.4) is 0 Å². The van der Waals surface area contributed by atoms with Gasteiger partial charge in [-0.25, -0.2) is 9.78 Å². The first-order valence-electron chi connectivity index (χ1n) is 5.23. The van der Waals surface area contributed by atoms with E-state index >= 15 is 0 Å². The number of carbonyl (C=O) groups is 2. The summed E-state index contributed by atoms with van der Waals surface area (Å²) in [6.07, 6.45) is 1.15. The summed E-state index contributed by atoms with van der Waals surface area (Å²) in [4.78, 5) is 27.1. The second kappa shape index (κ2) is 6.32. The molecule has 1 atom stereocenters. The Morgan fingerprint density at radius 3 is 2.78 bits per heavy atom. The number of nitrogens with zero attached hydrogens (tertiary/aromatic N) is 1. The SMILES string of the molecule is CCOC(=O)C(NC)C(=O)c1cnc(O)c(Cl)c1. The van der Waals surface area contributed by atoms with E-state index in [4.69, 9.17) is 21.4 Å². The number of ether oxygens (including phenoxy) is 1. The van der Waals surface area contributed by atoms with Crippen LogP contribution in [0.4, 0.5) is 0 Å². The van der Waals surface area contributed by atoms with Crippen LogP contribution in [0.25, 0.3) is 0 Å². The third-order valence-corrected chi connectivity index (χ3v) is 2.46. The Bertz CT molecular complexity index is 464. The Hall–Kier alpha value is -1.66. The molecule has 0 aliphatic heterocycles. The van der Waals surface area contributed by atoms with Crippen molar-refractivity contribution in [3.05, 3.63) is 22.8 Å². The van der Waals surface area contributed by atoms with E-state index in [1.165, 1.54) is 13.1 Å². The summed E-state index contributed by atoms with van der Waals surface area (Å²) in [5, 5.41) is 11.7. The maximum absolute atomic E-state index is 12.0. The topological polar surface area (TPSA) is 88.5 Å². The molecule has 0 saturated heterocycles. The number of ketones is 1. The van der Waals surface area contributed by atoms with Crippen LogP contribution in [0.1, 0.15) is 17.3 Å². The van der Waals surface area contributed by atoms with Crippen molar-refractivity contribution in [2.75, 3.05) is 13.7 Å². The van der Waals surface area contributed by atoms with E-state index in [0.29, 0.717) is 0 Å². The molecule has 98 valence electrons. The fourth-order valence-electron chi connectivity index (χ4n) is 1.31. The van der Waals surface area contributed by atoms with Crippen molar-refractivity contribution in [1.29, 1.82) is 0 Å². The average molecular weight is 273 g/mol. The maximum atomic E-state index is 12.0. The van der Waals surface area contributed by atoms with Gasteiger partial charge in [0.25, 0.3) is 0 Å². The fourth-order valence-corrected chi connectivity index (χ4v) is 1.48. The maximum Gasteiger partial charge on any atom is 0.331 e. The van der Waals surface area contributed by atoms with E-state index in [1.807, 2.05) is 0 Å². The van der Waals surface area contributed by atoms with Crippen LogP contribution < -0.4 is 5.32 Å². The molecule has 0 spiro atoms. The molecule has 1 heterocycles. The second-order valence-corrected chi connectivity index (χ2v) is 3.77. The monoisotopic (exact) mass is 272 g/mol. The molecule has 6 nitrogen and oxygen atoms in total. The molecule has 0 fully saturated rings. The summed E-state index contributed by atoms with van der Waals surface area (Å²) < 4.78 is 4.77. The predicted molar refractivity (Wildman–Crippen MR) is 64.7 cm³/mol. The molecule has 0 saturated carbocycles. The minimum atomic E-state index is -1.12. The molecule has 1 unspecified atom stereocenters. The first-order chi connectivity index (χ1) is 8.51. The zero-order valence-electron chi connectivity index (χ0n) is 9.94. The van der Waals surface area contributed by atoms with Gasteiger partial charge in [-0.3, -0.25) is 4.79 Å². The number of esters is 1. The number of carbonyl (C=O) groups excluding carboxylic acids is 2. The first kappa shape index (κ1) is 14.4. The van der Waals surface area contributed by atoms with Gasteiger partial charge < -0.3 is 15.2 Å². The highest BCUT2D eigenvalue weighted by atomic mass is 35.5. The van der Waals surface area contributed by atoms with Crippen LogP contribution in [-0.4, -0.2) is 41.5 Å². The second-order valence-electron chi connectivity index (χ2n) is 3.37. The molecule has 7 heteroatoms. The van der Waals surface area contributed by atoms with Crippen molar-refractivity contribution in [2.24, 2.45) is 0 Å². The normalized spacial score (nSPS) is 11.9. The smallest absolute Gasteiger partial charge is 0.331 e. The summed E-state index contributed by atoms with van der Waals surface area (Å²) in [6, 6.07) is 0.128. The molecular weight excluding hydrogens is 260 g/mol. The van der Waals surface area contributed by atoms with E-state index in [-0.39, 0.29) is 23.1 Å². The molecule has 1 aromatic heterocycles. The number of halogens is 1. The van der Waals surface area contributed by atoms with E-state index in [0.717, 1.165) is 6.20 Å². The Morgan fingerprint density at radius 2 is 2.28 bits per heavy atom. The van der Waals surface area contributed by atoms with E-state index in [2.05, 4.69) is 10.3 Å². The van der Waals surface area contributed by atoms with Crippen molar-refractivity contribution in [2.45, 2.75) is 13.0 Å². The molecular formula is C11H13ClN2O4. The molecule has 0 radical (unpaired) electrons. The van der Waals surface area contributed by atoms with Gasteiger partial charge in [-0.1, -0.05) is 11.6 Å². The Morgan fingerprint density at radius 1 is 1.61 bits per heavy atom. The largest absolute Gasteiger partial charge is 0.492 e. The highest BCUT2D eigenvalue weighted by molar-refractivity contribution is 6.32. The first-order valence-corrected chi connectivity index (χ1v) is 5.61. The van der Waals surface area contributed by atoms with E-state index < -0.39 is 17.8 Å². The van der Waals surface area contributed by atoms with Gasteiger partial charge in [-0.2, -0.15) is 0 Å². The van der Waals surface area contributed by atoms with Crippen molar-refractivity contribution in [1.82, 2.24) is 10.3 Å². The minimum Gasteiger partial charge on any atom is -0.492 e. The number of aromatic hydroxyl groups is 1. The van der Waals surface area contributed by atoms with E-state index in [9.17, 15) is 9.59 Å². The highest BCUT2D eigenvalue weighted by Crippen LogP contribution is 2.21. The summed E-state index contributed by atoms with van der Waals surface area (Å²) in [5.74, 6) is -1.56. The molecule has 0 bridgehead atoms. The summed E-state index contributed by atoms with van der Waals surface area (Å²) in [6.45, 7) is 1.83. The van der Waals surface area contributed by atoms with Gasteiger partial charge in [-0.05, 0) is 20.0 Å². The molecule has 0 aliphatic carbocycles. The number of hydrogen-bond donors (Lipinski definition) is 2. The number of hydrogen-bond acceptors (Lipinski definition) is 6. The van der Waals surface area contributed by atoms with Crippen molar-refractivity contribution in [3.63, 3.8) is 0 Å². The third kappa shape index (κ3) is 3.18. The number of Topliss-reactive ketones (excluding diaryl/α,β-unsaturated/α-hetero) is 1. The van der Waals surface area contributed by atoms with Crippen LogP contribution in [0.5, 0.6) is 5.88 Å². The summed E-state index contributed by atoms with van der Waals surface area (Å²) >= 11 is 5.65. The number of likely N-dealkylation sites (N-methyl/N-ethyl adjacent to an activating group) is 1. The number of pyridine rings is 1. The fraction of sp³-hybridized carbons (Fsp3) is 0.364. The molecule has 0 aromatic carbocycles. The number of nitrogens with one attached hydrogen (secondary N) is 1. The van der Waals surface area contributed by atoms with Gasteiger partial charge in [0.1, 0.15) is 5.02 Å². The van der Waals surface area contributed by atoms with Crippen LogP contribution in [0.2, 0.25) is 5.02 Å². The zero-order valence-corrected chi connectivity index (χ0v) is 10.7. The van der Waals surface area contributed by atoms with Gasteiger partial charge in [-0.15, -0.1) is 0 Å². The van der Waals surface area contributed by atoms with Gasteiger partial charge in [0, 0.05) is 11.8 Å². The Kier molecular flexibility index (Phi) is 5.06. The standard InChI is InChI=1S/C11H13ClN2O4/c1-3-18-11(17)8(13-2)9(15)6-4-7(12)10(16)14-5-6/h4-5,8,13H,3H2,1-2H3,(H,14,16). The Balaban J connectivity index is 2.96. The molecule has 18 heavy (non-hydrogen) atoms. The third-order valence-electron chi connectivity index (χ3n) is 2.18. The van der Waals surface area contributed by atoms with Crippen LogP contribution in [-0.2, 0) is 9.53 Å². The van der Waals surface area contributed by atoms with Crippen molar-refractivity contribution in [3.8, 4) is 5.88 Å². The van der Waals surface area contributed by atoms with Gasteiger partial charge in [0.15, 0.2) is 11.8 Å². The van der Waals surface area contributed by atoms with Crippen LogP contribution >= 0.6 is 11.6 Å². The van der Waals surface area contributed by atoms with Gasteiger partial charge in [0.05, 0.1) is 6.61 Å². The lowest BCUT2D eigenvalue weighted by molar-refractivity contribution is -0.144. The molecule has 1 rings (SSSR count). The summed E-state index contributed by atoms with van der Waals surface area (Å²) in [7, 11) is 1.47. The average Bonchev–Trinajstić information content (AvgIpc) is 2.33. The lowest BCUT2D eigenvalue weighted by Crippen LogP contribution is -2.42. The molecule has 0 amide bonds. The minimum absolute atomic E-state index is 0.0560. The predicted octanol–water partition coefficient (Wildman–Crippen LogP) is 0.774. The number of rotatable bonds is 5. The quantitative estimate of drug-likeness (QED) is 0.468. The lowest BCUT2D eigenvalue weighted by atomic mass is 10.1. The van der Waals surface area contributed by atoms with E-state index in [1.54, 1.807) is 6.92 Å². The molecule has 2 N–H and O–H groups in total. The lowest BCUT2D eigenvalue weighted by Gasteiger charge is -2.13. The Labute approximate surface area is 109 Å². The zero-order chi connectivity index (χ0) is 13.7. The van der Waals surface area contributed by atoms with Crippen LogP contribution in [0, 0.1) is 0 Å². The van der Waals surface area contributed by atoms with Crippen molar-refractivity contribution >= 4 is 23.4 Å². The van der Waals surface area contributed by atoms with Gasteiger partial charge in [0.2, 0.25) is 5.88 Å².